The molecule has 0 aromatic heterocycles. The highest BCUT2D eigenvalue weighted by Gasteiger charge is 2.43. The van der Waals surface area contributed by atoms with Gasteiger partial charge in [-0.15, -0.1) is 0 Å². The number of carboxylic acid groups (broad SMARTS) is 1. The first-order valence-electron chi connectivity index (χ1n) is 12.4. The quantitative estimate of drug-likeness (QED) is 0.611. The smallest absolute Gasteiger partial charge is 0.407 e. The van der Waals surface area contributed by atoms with E-state index >= 15 is 0 Å². The van der Waals surface area contributed by atoms with Crippen LogP contribution in [0.1, 0.15) is 51.2 Å². The summed E-state index contributed by atoms with van der Waals surface area (Å²) in [5.41, 5.74) is 4.58. The number of carbonyl (C=O) groups is 3. The van der Waals surface area contributed by atoms with Gasteiger partial charge >= 0.3 is 12.1 Å². The van der Waals surface area contributed by atoms with E-state index in [-0.39, 0.29) is 30.3 Å². The first-order valence-corrected chi connectivity index (χ1v) is 12.4. The van der Waals surface area contributed by atoms with Gasteiger partial charge in [0.05, 0.1) is 5.92 Å². The van der Waals surface area contributed by atoms with Crippen molar-refractivity contribution in [2.75, 3.05) is 13.2 Å². The van der Waals surface area contributed by atoms with Gasteiger partial charge in [0.2, 0.25) is 5.91 Å². The third-order valence-corrected chi connectivity index (χ3v) is 7.47. The lowest BCUT2D eigenvalue weighted by atomic mass is 9.87. The van der Waals surface area contributed by atoms with E-state index in [0.29, 0.717) is 13.0 Å². The van der Waals surface area contributed by atoms with Crippen molar-refractivity contribution in [1.82, 2.24) is 10.2 Å². The van der Waals surface area contributed by atoms with Crippen molar-refractivity contribution in [3.8, 4) is 11.1 Å². The number of nitrogens with one attached hydrogen (secondary N) is 1. The molecular weight excluding hydrogens is 444 g/mol. The minimum absolute atomic E-state index is 0.0478. The van der Waals surface area contributed by atoms with Gasteiger partial charge in [-0.25, -0.2) is 9.59 Å². The molecule has 4 unspecified atom stereocenters. The number of aliphatic carboxylic acids is 1. The van der Waals surface area contributed by atoms with Gasteiger partial charge in [0.15, 0.2) is 0 Å². The number of carbonyl (C=O) groups excluding carboxylic acids is 2. The molecule has 1 fully saturated rings. The number of carboxylic acids is 1. The van der Waals surface area contributed by atoms with Crippen molar-refractivity contribution in [3.05, 3.63) is 59.7 Å². The van der Waals surface area contributed by atoms with Gasteiger partial charge in [-0.2, -0.15) is 0 Å². The van der Waals surface area contributed by atoms with Crippen LogP contribution in [-0.4, -0.2) is 53.2 Å². The number of hydrogen-bond acceptors (Lipinski definition) is 4. The number of benzene rings is 2. The van der Waals surface area contributed by atoms with Crippen molar-refractivity contribution in [2.45, 2.75) is 52.1 Å². The monoisotopic (exact) mass is 478 g/mol. The zero-order valence-corrected chi connectivity index (χ0v) is 20.7. The van der Waals surface area contributed by atoms with Crippen LogP contribution in [0.15, 0.2) is 48.5 Å². The fourth-order valence-corrected chi connectivity index (χ4v) is 5.75. The second kappa shape index (κ2) is 10.1. The number of likely N-dealkylation sites (tertiary alicyclic amines) is 1. The van der Waals surface area contributed by atoms with Crippen molar-refractivity contribution in [2.24, 2.45) is 17.8 Å². The molecule has 2 aliphatic rings. The predicted octanol–water partition coefficient (Wildman–Crippen LogP) is 4.51. The molecule has 7 nitrogen and oxygen atoms in total. The van der Waals surface area contributed by atoms with E-state index in [9.17, 15) is 19.5 Å². The summed E-state index contributed by atoms with van der Waals surface area (Å²) in [6.07, 6.45) is 0.0734. The Morgan fingerprint density at radius 2 is 1.60 bits per heavy atom. The van der Waals surface area contributed by atoms with Gasteiger partial charge in [-0.1, -0.05) is 69.3 Å². The van der Waals surface area contributed by atoms with Gasteiger partial charge in [0, 0.05) is 18.5 Å². The lowest BCUT2D eigenvalue weighted by Gasteiger charge is -2.33. The van der Waals surface area contributed by atoms with E-state index in [1.165, 1.54) is 4.90 Å². The molecule has 1 aliphatic carbocycles. The lowest BCUT2D eigenvalue weighted by Crippen LogP contribution is -2.52. The molecular formula is C28H34N2O5. The maximum atomic E-state index is 13.4. The number of amides is 2. The highest BCUT2D eigenvalue weighted by atomic mass is 16.5. The van der Waals surface area contributed by atoms with Crippen LogP contribution < -0.4 is 5.32 Å². The molecule has 4 atom stereocenters. The number of alkyl carbamates (subject to hydrolysis) is 1. The molecule has 2 N–H and O–H groups in total. The Balaban J connectivity index is 1.42. The Labute approximate surface area is 206 Å². The van der Waals surface area contributed by atoms with Crippen molar-refractivity contribution >= 4 is 18.0 Å². The van der Waals surface area contributed by atoms with Crippen molar-refractivity contribution in [1.29, 1.82) is 0 Å². The molecule has 0 bridgehead atoms. The Morgan fingerprint density at radius 3 is 2.14 bits per heavy atom. The van der Waals surface area contributed by atoms with E-state index in [1.807, 2.05) is 45.0 Å². The highest BCUT2D eigenvalue weighted by Crippen LogP contribution is 2.44. The minimum Gasteiger partial charge on any atom is -0.480 e. The van der Waals surface area contributed by atoms with E-state index in [4.69, 9.17) is 4.74 Å². The Kier molecular flexibility index (Phi) is 7.15. The summed E-state index contributed by atoms with van der Waals surface area (Å²) in [6.45, 7) is 8.06. The molecule has 0 spiro atoms. The second-order valence-electron chi connectivity index (χ2n) is 10.1. The Hall–Kier alpha value is -3.35. The van der Waals surface area contributed by atoms with Gasteiger partial charge in [-0.3, -0.25) is 4.79 Å². The Morgan fingerprint density at radius 1 is 1.03 bits per heavy atom. The van der Waals surface area contributed by atoms with Crippen LogP contribution in [0.5, 0.6) is 0 Å². The molecule has 1 heterocycles. The van der Waals surface area contributed by atoms with Crippen LogP contribution >= 0.6 is 0 Å². The van der Waals surface area contributed by atoms with Crippen LogP contribution in [0, 0.1) is 17.8 Å². The summed E-state index contributed by atoms with van der Waals surface area (Å²) in [5.74, 6) is -2.01. The van der Waals surface area contributed by atoms with Crippen LogP contribution in [0.4, 0.5) is 4.79 Å². The first kappa shape index (κ1) is 24.8. The minimum atomic E-state index is -0.983. The zero-order valence-electron chi connectivity index (χ0n) is 20.7. The topological polar surface area (TPSA) is 95.9 Å². The second-order valence-corrected chi connectivity index (χ2v) is 10.1. The molecule has 1 aliphatic heterocycles. The molecule has 2 amide bonds. The van der Waals surface area contributed by atoms with Crippen molar-refractivity contribution in [3.63, 3.8) is 0 Å². The first-order chi connectivity index (χ1) is 16.7. The number of fused-ring (bicyclic) bond motifs is 3. The Bertz CT molecular complexity index is 1070. The molecule has 186 valence electrons. The summed E-state index contributed by atoms with van der Waals surface area (Å²) >= 11 is 0. The van der Waals surface area contributed by atoms with E-state index < -0.39 is 30.1 Å². The van der Waals surface area contributed by atoms with Gasteiger partial charge in [0.25, 0.3) is 0 Å². The third kappa shape index (κ3) is 4.77. The molecule has 0 saturated carbocycles. The molecule has 35 heavy (non-hydrogen) atoms. The van der Waals surface area contributed by atoms with Crippen LogP contribution in [-0.2, 0) is 14.3 Å². The highest BCUT2D eigenvalue weighted by molar-refractivity contribution is 5.87. The van der Waals surface area contributed by atoms with Crippen LogP contribution in [0.3, 0.4) is 0 Å². The summed E-state index contributed by atoms with van der Waals surface area (Å²) in [4.78, 5) is 39.4. The standard InChI is InChI=1S/C28H34N2O5/c1-16(2)24(26(31)30-14-13-17(3)25(30)27(32)33)18(4)29-28(34)35-15-23-21-11-7-5-9-19(21)20-10-6-8-12-22(20)23/h5-12,16-18,23-25H,13-15H2,1-4H3,(H,29,34)(H,32,33). The average Bonchev–Trinajstić information content (AvgIpc) is 3.35. The normalized spacial score (nSPS) is 20.8. The molecule has 2 aromatic rings. The van der Waals surface area contributed by atoms with Crippen molar-refractivity contribution < 1.29 is 24.2 Å². The SMILES string of the molecule is CC(C)C(C(=O)N1CCC(C)C1C(=O)O)C(C)NC(=O)OCC1c2ccccc2-c2ccccc21. The predicted molar refractivity (Wildman–Crippen MR) is 133 cm³/mol. The molecule has 0 radical (unpaired) electrons. The summed E-state index contributed by atoms with van der Waals surface area (Å²) < 4.78 is 5.65. The summed E-state index contributed by atoms with van der Waals surface area (Å²) in [6, 6.07) is 14.9. The molecule has 4 rings (SSSR count). The van der Waals surface area contributed by atoms with E-state index in [1.54, 1.807) is 6.92 Å². The molecule has 7 heteroatoms. The zero-order chi connectivity index (χ0) is 25.3. The number of ether oxygens (including phenoxy) is 1. The van der Waals surface area contributed by atoms with E-state index in [2.05, 4.69) is 29.6 Å². The van der Waals surface area contributed by atoms with E-state index in [0.717, 1.165) is 22.3 Å². The maximum absolute atomic E-state index is 13.4. The van der Waals surface area contributed by atoms with Gasteiger partial charge < -0.3 is 20.1 Å². The van der Waals surface area contributed by atoms with Gasteiger partial charge in [-0.05, 0) is 47.4 Å². The summed E-state index contributed by atoms with van der Waals surface area (Å²) in [7, 11) is 0. The number of rotatable bonds is 7. The molecule has 2 aromatic carbocycles. The third-order valence-electron chi connectivity index (χ3n) is 7.47. The number of hydrogen-bond donors (Lipinski definition) is 2. The fourth-order valence-electron chi connectivity index (χ4n) is 5.75. The average molecular weight is 479 g/mol. The van der Waals surface area contributed by atoms with Gasteiger partial charge in [0.1, 0.15) is 12.6 Å². The number of nitrogens with zero attached hydrogens (tertiary/aromatic N) is 1. The largest absolute Gasteiger partial charge is 0.480 e. The van der Waals surface area contributed by atoms with Crippen LogP contribution in [0.2, 0.25) is 0 Å². The van der Waals surface area contributed by atoms with Crippen LogP contribution in [0.25, 0.3) is 11.1 Å². The summed E-state index contributed by atoms with van der Waals surface area (Å²) in [5, 5.41) is 12.5. The fraction of sp³-hybridized carbons (Fsp3) is 0.464. The maximum Gasteiger partial charge on any atom is 0.407 e. The molecule has 1 saturated heterocycles. The lowest BCUT2D eigenvalue weighted by molar-refractivity contribution is -0.152.